The zero-order chi connectivity index (χ0) is 13.4. The van der Waals surface area contributed by atoms with Crippen LogP contribution in [-0.4, -0.2) is 14.8 Å². The first kappa shape index (κ1) is 14.4. The Kier molecular flexibility index (Phi) is 4.01. The van der Waals surface area contributed by atoms with Gasteiger partial charge in [-0.15, -0.1) is 12.4 Å². The molecule has 1 atom stereocenters. The van der Waals surface area contributed by atoms with Gasteiger partial charge in [0.1, 0.15) is 5.82 Å². The van der Waals surface area contributed by atoms with Crippen LogP contribution in [0.5, 0.6) is 0 Å². The minimum atomic E-state index is -0.266. The van der Waals surface area contributed by atoms with E-state index in [4.69, 9.17) is 5.73 Å². The summed E-state index contributed by atoms with van der Waals surface area (Å²) in [5.41, 5.74) is 8.30. The predicted octanol–water partition coefficient (Wildman–Crippen LogP) is 3.00. The zero-order valence-electron chi connectivity index (χ0n) is 10.8. The van der Waals surface area contributed by atoms with Gasteiger partial charge in [-0.2, -0.15) is 5.10 Å². The first-order valence-corrected chi connectivity index (χ1v) is 6.00. The smallest absolute Gasteiger partial charge is 0.123 e. The van der Waals surface area contributed by atoms with Gasteiger partial charge in [-0.05, 0) is 37.3 Å². The van der Waals surface area contributed by atoms with Crippen LogP contribution in [0.4, 0.5) is 4.39 Å². The fraction of sp³-hybridized carbons (Fsp3) is 0.143. The highest BCUT2D eigenvalue weighted by Gasteiger charge is 2.08. The molecule has 3 aromatic rings. The van der Waals surface area contributed by atoms with E-state index in [-0.39, 0.29) is 24.3 Å². The first-order valence-electron chi connectivity index (χ1n) is 6.00. The molecule has 0 saturated carbocycles. The Morgan fingerprint density at radius 2 is 1.90 bits per heavy atom. The van der Waals surface area contributed by atoms with Crippen molar-refractivity contribution >= 4 is 23.3 Å². The normalized spacial score (nSPS) is 12.2. The van der Waals surface area contributed by atoms with Gasteiger partial charge in [-0.25, -0.2) is 9.07 Å². The van der Waals surface area contributed by atoms with Crippen LogP contribution in [0.3, 0.4) is 0 Å². The lowest BCUT2D eigenvalue weighted by atomic mass is 10.2. The van der Waals surface area contributed by atoms with E-state index in [1.807, 2.05) is 13.0 Å². The second-order valence-electron chi connectivity index (χ2n) is 4.49. The number of nitrogens with zero attached hydrogens (tertiary/aromatic N) is 3. The fourth-order valence-corrected chi connectivity index (χ4v) is 1.98. The minimum absolute atomic E-state index is 0. The van der Waals surface area contributed by atoms with Crippen molar-refractivity contribution in [1.29, 1.82) is 0 Å². The van der Waals surface area contributed by atoms with Crippen LogP contribution in [0, 0.1) is 5.82 Å². The van der Waals surface area contributed by atoms with Crippen molar-refractivity contribution in [1.82, 2.24) is 14.8 Å². The second-order valence-corrected chi connectivity index (χ2v) is 4.49. The van der Waals surface area contributed by atoms with Gasteiger partial charge in [-0.3, -0.25) is 4.98 Å². The number of hydrogen-bond acceptors (Lipinski definition) is 3. The Morgan fingerprint density at radius 1 is 1.20 bits per heavy atom. The molecule has 4 nitrogen and oxygen atoms in total. The topological polar surface area (TPSA) is 56.7 Å². The number of halogens is 2. The molecule has 0 fully saturated rings. The van der Waals surface area contributed by atoms with Gasteiger partial charge < -0.3 is 5.73 Å². The number of nitrogens with two attached hydrogens (primary N) is 1. The third kappa shape index (κ3) is 2.50. The fourth-order valence-electron chi connectivity index (χ4n) is 1.98. The molecule has 0 aliphatic carbocycles. The molecule has 20 heavy (non-hydrogen) atoms. The Morgan fingerprint density at radius 3 is 2.55 bits per heavy atom. The van der Waals surface area contributed by atoms with Crippen molar-refractivity contribution in [2.45, 2.75) is 13.0 Å². The van der Waals surface area contributed by atoms with Crippen LogP contribution >= 0.6 is 12.4 Å². The molecule has 0 amide bonds. The number of pyridine rings is 1. The van der Waals surface area contributed by atoms with Crippen molar-refractivity contribution in [2.24, 2.45) is 5.73 Å². The van der Waals surface area contributed by atoms with E-state index in [0.717, 1.165) is 22.3 Å². The lowest BCUT2D eigenvalue weighted by Gasteiger charge is -2.06. The molecule has 0 aliphatic heterocycles. The maximum absolute atomic E-state index is 12.9. The number of fused-ring (bicyclic) bond motifs is 1. The summed E-state index contributed by atoms with van der Waals surface area (Å²) in [4.78, 5) is 4.32. The summed E-state index contributed by atoms with van der Waals surface area (Å²) in [5, 5.41) is 5.27. The standard InChI is InChI=1S/C14H13FN4.ClH/c1-9(16)13-6-10-7-18-19(14(10)8-17-13)12-4-2-11(15)3-5-12;/h2-9H,16H2,1H3;1H/t9-;/m1./s1. The quantitative estimate of drug-likeness (QED) is 0.790. The summed E-state index contributed by atoms with van der Waals surface area (Å²) in [7, 11) is 0. The molecule has 3 rings (SSSR count). The lowest BCUT2D eigenvalue weighted by Crippen LogP contribution is -2.07. The van der Waals surface area contributed by atoms with E-state index in [2.05, 4.69) is 10.1 Å². The Balaban J connectivity index is 0.00000147. The van der Waals surface area contributed by atoms with E-state index in [1.54, 1.807) is 29.2 Å². The average molecular weight is 293 g/mol. The SMILES string of the molecule is C[C@@H](N)c1cc2cnn(-c3ccc(F)cc3)c2cn1.Cl. The summed E-state index contributed by atoms with van der Waals surface area (Å²) in [6, 6.07) is 7.99. The summed E-state index contributed by atoms with van der Waals surface area (Å²) in [6.07, 6.45) is 3.50. The van der Waals surface area contributed by atoms with Crippen molar-refractivity contribution in [3.05, 3.63) is 54.2 Å². The van der Waals surface area contributed by atoms with E-state index in [0.29, 0.717) is 0 Å². The summed E-state index contributed by atoms with van der Waals surface area (Å²) in [6.45, 7) is 1.89. The minimum Gasteiger partial charge on any atom is -0.323 e. The van der Waals surface area contributed by atoms with Crippen LogP contribution in [-0.2, 0) is 0 Å². The summed E-state index contributed by atoms with van der Waals surface area (Å²) < 4.78 is 14.7. The maximum Gasteiger partial charge on any atom is 0.123 e. The monoisotopic (exact) mass is 292 g/mol. The van der Waals surface area contributed by atoms with Crippen molar-refractivity contribution in [3.8, 4) is 5.69 Å². The molecule has 0 radical (unpaired) electrons. The lowest BCUT2D eigenvalue weighted by molar-refractivity contribution is 0.627. The van der Waals surface area contributed by atoms with E-state index in [9.17, 15) is 4.39 Å². The Hall–Kier alpha value is -1.98. The van der Waals surface area contributed by atoms with Gasteiger partial charge in [0.2, 0.25) is 0 Å². The molecule has 2 heterocycles. The second kappa shape index (κ2) is 5.56. The van der Waals surface area contributed by atoms with Crippen molar-refractivity contribution in [3.63, 3.8) is 0 Å². The van der Waals surface area contributed by atoms with Crippen molar-refractivity contribution < 1.29 is 4.39 Å². The van der Waals surface area contributed by atoms with Gasteiger partial charge in [-0.1, -0.05) is 0 Å². The number of hydrogen-bond donors (Lipinski definition) is 1. The molecule has 0 spiro atoms. The highest BCUT2D eigenvalue weighted by atomic mass is 35.5. The molecule has 0 saturated heterocycles. The molecular weight excluding hydrogens is 279 g/mol. The van der Waals surface area contributed by atoms with Crippen LogP contribution in [0.15, 0.2) is 42.7 Å². The molecule has 104 valence electrons. The van der Waals surface area contributed by atoms with E-state index >= 15 is 0 Å². The maximum atomic E-state index is 12.9. The third-order valence-electron chi connectivity index (χ3n) is 3.01. The molecule has 2 N–H and O–H groups in total. The first-order chi connectivity index (χ1) is 9.15. The summed E-state index contributed by atoms with van der Waals surface area (Å²) >= 11 is 0. The summed E-state index contributed by atoms with van der Waals surface area (Å²) in [5.74, 6) is -0.266. The molecule has 2 aromatic heterocycles. The number of aromatic nitrogens is 3. The number of rotatable bonds is 2. The van der Waals surface area contributed by atoms with E-state index < -0.39 is 0 Å². The van der Waals surface area contributed by atoms with Gasteiger partial charge in [0.15, 0.2) is 0 Å². The number of benzene rings is 1. The highest BCUT2D eigenvalue weighted by Crippen LogP contribution is 2.20. The molecule has 0 bridgehead atoms. The van der Waals surface area contributed by atoms with Crippen LogP contribution < -0.4 is 5.73 Å². The largest absolute Gasteiger partial charge is 0.323 e. The molecular formula is C14H14ClFN4. The Bertz CT molecular complexity index is 722. The third-order valence-corrected chi connectivity index (χ3v) is 3.01. The van der Waals surface area contributed by atoms with Gasteiger partial charge in [0.05, 0.1) is 29.3 Å². The molecule has 6 heteroatoms. The van der Waals surface area contributed by atoms with Gasteiger partial charge in [0, 0.05) is 11.4 Å². The highest BCUT2D eigenvalue weighted by molar-refractivity contribution is 5.85. The van der Waals surface area contributed by atoms with E-state index in [1.165, 1.54) is 12.1 Å². The molecule has 0 unspecified atom stereocenters. The molecule has 0 aliphatic rings. The van der Waals surface area contributed by atoms with Crippen LogP contribution in [0.1, 0.15) is 18.7 Å². The van der Waals surface area contributed by atoms with Crippen molar-refractivity contribution in [2.75, 3.05) is 0 Å². The molecule has 1 aromatic carbocycles. The average Bonchev–Trinajstić information content (AvgIpc) is 2.82. The van der Waals surface area contributed by atoms with Crippen LogP contribution in [0.2, 0.25) is 0 Å². The van der Waals surface area contributed by atoms with Gasteiger partial charge in [0.25, 0.3) is 0 Å². The van der Waals surface area contributed by atoms with Gasteiger partial charge >= 0.3 is 0 Å². The zero-order valence-corrected chi connectivity index (χ0v) is 11.6. The van der Waals surface area contributed by atoms with Crippen LogP contribution in [0.25, 0.3) is 16.6 Å². The predicted molar refractivity (Wildman–Crippen MR) is 78.7 cm³/mol. The Labute approximate surface area is 121 Å².